The Morgan fingerprint density at radius 2 is 1.92 bits per heavy atom. The van der Waals surface area contributed by atoms with Crippen LogP contribution in [0.4, 0.5) is 15.0 Å². The molecule has 0 aliphatic heterocycles. The van der Waals surface area contributed by atoms with E-state index in [1.807, 2.05) is 22.9 Å². The number of aromatic nitrogens is 2. The van der Waals surface area contributed by atoms with Crippen LogP contribution in [0.1, 0.15) is 50.5 Å². The van der Waals surface area contributed by atoms with Gasteiger partial charge in [-0.2, -0.15) is 11.3 Å². The zero-order chi connectivity index (χ0) is 26.0. The van der Waals surface area contributed by atoms with Crippen LogP contribution in [0.25, 0.3) is 22.4 Å². The van der Waals surface area contributed by atoms with Crippen LogP contribution < -0.4 is 16.4 Å². The van der Waals surface area contributed by atoms with Gasteiger partial charge < -0.3 is 21.1 Å². The second kappa shape index (κ2) is 10.5. The number of halogens is 1. The number of nitrogens with two attached hydrogens (primary N) is 1. The van der Waals surface area contributed by atoms with Gasteiger partial charge in [0.15, 0.2) is 5.82 Å². The number of ether oxygens (including phenoxy) is 1. The van der Waals surface area contributed by atoms with E-state index in [9.17, 15) is 14.0 Å². The van der Waals surface area contributed by atoms with Crippen molar-refractivity contribution in [2.24, 2.45) is 11.7 Å². The maximum absolute atomic E-state index is 14.9. The van der Waals surface area contributed by atoms with Crippen LogP contribution in [0.15, 0.2) is 41.1 Å². The lowest BCUT2D eigenvalue weighted by molar-refractivity contribution is -0.117. The highest BCUT2D eigenvalue weighted by molar-refractivity contribution is 7.08. The first-order chi connectivity index (χ1) is 17.8. The van der Waals surface area contributed by atoms with E-state index in [-0.39, 0.29) is 23.7 Å². The molecule has 2 saturated carbocycles. The number of nitrogens with one attached hydrogen (secondary N) is 2. The lowest BCUT2D eigenvalue weighted by Crippen LogP contribution is -2.30. The van der Waals surface area contributed by atoms with Gasteiger partial charge in [0.25, 0.3) is 0 Å². The molecular formula is C27H30FN5O3S. The molecule has 0 unspecified atom stereocenters. The van der Waals surface area contributed by atoms with Gasteiger partial charge in [-0.05, 0) is 79.0 Å². The summed E-state index contributed by atoms with van der Waals surface area (Å²) in [6.45, 7) is 0. The van der Waals surface area contributed by atoms with E-state index < -0.39 is 11.6 Å². The van der Waals surface area contributed by atoms with E-state index >= 15 is 0 Å². The lowest BCUT2D eigenvalue weighted by atomic mass is 9.85. The molecule has 2 aliphatic rings. The van der Waals surface area contributed by atoms with Crippen molar-refractivity contribution in [3.63, 3.8) is 0 Å². The predicted molar refractivity (Wildman–Crippen MR) is 140 cm³/mol. The molecule has 194 valence electrons. The van der Waals surface area contributed by atoms with E-state index in [0.717, 1.165) is 49.7 Å². The number of carbonyl (C=O) groups is 2. The van der Waals surface area contributed by atoms with Gasteiger partial charge in [-0.1, -0.05) is 12.1 Å². The van der Waals surface area contributed by atoms with Gasteiger partial charge in [-0.15, -0.1) is 10.2 Å². The van der Waals surface area contributed by atoms with Gasteiger partial charge >= 0.3 is 6.09 Å². The van der Waals surface area contributed by atoms with Crippen molar-refractivity contribution in [1.29, 1.82) is 0 Å². The van der Waals surface area contributed by atoms with Gasteiger partial charge in [0, 0.05) is 35.7 Å². The number of rotatable bonds is 7. The molecular weight excluding hydrogens is 493 g/mol. The zero-order valence-corrected chi connectivity index (χ0v) is 21.4. The molecule has 2 aromatic heterocycles. The van der Waals surface area contributed by atoms with E-state index in [2.05, 4.69) is 20.8 Å². The minimum atomic E-state index is -0.560. The normalized spacial score (nSPS) is 20.2. The average molecular weight is 524 g/mol. The number of hydrogen-bond donors (Lipinski definition) is 3. The molecule has 0 radical (unpaired) electrons. The molecule has 2 heterocycles. The smallest absolute Gasteiger partial charge is 0.407 e. The zero-order valence-electron chi connectivity index (χ0n) is 20.6. The third kappa shape index (κ3) is 5.80. The summed E-state index contributed by atoms with van der Waals surface area (Å²) in [5.74, 6) is 0.0833. The summed E-state index contributed by atoms with van der Waals surface area (Å²) in [6.07, 6.45) is 4.49. The molecule has 4 N–H and O–H groups in total. The number of amides is 2. The second-order valence-corrected chi connectivity index (χ2v) is 10.7. The van der Waals surface area contributed by atoms with Crippen LogP contribution in [0.5, 0.6) is 0 Å². The van der Waals surface area contributed by atoms with Gasteiger partial charge in [0.05, 0.1) is 0 Å². The Labute approximate surface area is 218 Å². The maximum Gasteiger partial charge on any atom is 0.407 e. The quantitative estimate of drug-likeness (QED) is 0.392. The standard InChI is InChI=1S/C27H30FN5O3S/c1-30-26(35)36-19-5-2-16(3-6-19)12-24(34)31-23-14-20(18-8-11-37-15-18)25(33-32-23)17-4-7-21(22(28)13-17)27(29)9-10-27/h4,7-8,11,13-16,19H,2-3,5-6,9-10,12,29H2,1H3,(H,30,35)(H,31,32,34)/t16-,19-. The molecule has 0 spiro atoms. The fourth-order valence-corrected chi connectivity index (χ4v) is 5.55. The topological polar surface area (TPSA) is 119 Å². The Morgan fingerprint density at radius 1 is 1.14 bits per heavy atom. The van der Waals surface area contributed by atoms with Crippen LogP contribution in [0.3, 0.4) is 0 Å². The first-order valence-corrected chi connectivity index (χ1v) is 13.5. The average Bonchev–Trinajstić information content (AvgIpc) is 3.39. The number of carbonyl (C=O) groups excluding carboxylic acids is 2. The van der Waals surface area contributed by atoms with Crippen molar-refractivity contribution >= 4 is 29.2 Å². The van der Waals surface area contributed by atoms with E-state index in [1.165, 1.54) is 13.1 Å². The molecule has 8 nitrogen and oxygen atoms in total. The molecule has 0 bridgehead atoms. The Morgan fingerprint density at radius 3 is 2.57 bits per heavy atom. The number of alkyl carbamates (subject to hydrolysis) is 1. The molecule has 5 rings (SSSR count). The fourth-order valence-electron chi connectivity index (χ4n) is 4.89. The number of benzene rings is 1. The molecule has 2 amide bonds. The first kappa shape index (κ1) is 25.3. The predicted octanol–water partition coefficient (Wildman–Crippen LogP) is 5.20. The molecule has 1 aromatic carbocycles. The number of anilines is 1. The minimum Gasteiger partial charge on any atom is -0.446 e. The summed E-state index contributed by atoms with van der Waals surface area (Å²) in [5, 5.41) is 17.9. The van der Waals surface area contributed by atoms with E-state index in [4.69, 9.17) is 10.5 Å². The van der Waals surface area contributed by atoms with E-state index in [1.54, 1.807) is 23.5 Å². The Hall–Kier alpha value is -3.37. The van der Waals surface area contributed by atoms with Crippen LogP contribution in [0, 0.1) is 11.7 Å². The number of hydrogen-bond acceptors (Lipinski definition) is 7. The first-order valence-electron chi connectivity index (χ1n) is 12.5. The highest BCUT2D eigenvalue weighted by atomic mass is 32.1. The van der Waals surface area contributed by atoms with Crippen LogP contribution in [0.2, 0.25) is 0 Å². The van der Waals surface area contributed by atoms with Crippen molar-refractivity contribution < 1.29 is 18.7 Å². The molecule has 2 fully saturated rings. The maximum atomic E-state index is 14.9. The number of nitrogens with zero attached hydrogens (tertiary/aromatic N) is 2. The van der Waals surface area contributed by atoms with Crippen LogP contribution in [-0.4, -0.2) is 35.3 Å². The molecule has 37 heavy (non-hydrogen) atoms. The number of thiophene rings is 1. The summed E-state index contributed by atoms with van der Waals surface area (Å²) in [7, 11) is 1.54. The summed E-state index contributed by atoms with van der Waals surface area (Å²) in [5.41, 5.74) is 8.99. The van der Waals surface area contributed by atoms with Crippen molar-refractivity contribution in [2.75, 3.05) is 12.4 Å². The Kier molecular flexibility index (Phi) is 7.21. The Bertz CT molecular complexity index is 1290. The van der Waals surface area contributed by atoms with Crippen molar-refractivity contribution in [3.8, 4) is 22.4 Å². The third-order valence-electron chi connectivity index (χ3n) is 7.21. The van der Waals surface area contributed by atoms with Gasteiger partial charge in [0.1, 0.15) is 17.6 Å². The van der Waals surface area contributed by atoms with Crippen LogP contribution in [-0.2, 0) is 15.1 Å². The summed E-state index contributed by atoms with van der Waals surface area (Å²) in [6, 6.07) is 8.77. The SMILES string of the molecule is CNC(=O)O[C@H]1CC[C@H](CC(=O)Nc2cc(-c3ccsc3)c(-c3ccc(C4(N)CC4)c(F)c3)nn2)CC1. The van der Waals surface area contributed by atoms with Crippen molar-refractivity contribution in [1.82, 2.24) is 15.5 Å². The van der Waals surface area contributed by atoms with Crippen molar-refractivity contribution in [2.45, 2.75) is 56.6 Å². The van der Waals surface area contributed by atoms with Gasteiger partial charge in [-0.3, -0.25) is 4.79 Å². The van der Waals surface area contributed by atoms with Crippen LogP contribution >= 0.6 is 11.3 Å². The monoisotopic (exact) mass is 523 g/mol. The molecule has 0 atom stereocenters. The summed E-state index contributed by atoms with van der Waals surface area (Å²) < 4.78 is 20.2. The van der Waals surface area contributed by atoms with Gasteiger partial charge in [-0.25, -0.2) is 9.18 Å². The summed E-state index contributed by atoms with van der Waals surface area (Å²) in [4.78, 5) is 24.2. The summed E-state index contributed by atoms with van der Waals surface area (Å²) >= 11 is 1.54. The highest BCUT2D eigenvalue weighted by Crippen LogP contribution is 2.44. The largest absolute Gasteiger partial charge is 0.446 e. The second-order valence-electron chi connectivity index (χ2n) is 9.90. The Balaban J connectivity index is 1.29. The molecule has 0 saturated heterocycles. The molecule has 2 aliphatic carbocycles. The molecule has 10 heteroatoms. The van der Waals surface area contributed by atoms with Crippen molar-refractivity contribution in [3.05, 3.63) is 52.5 Å². The van der Waals surface area contributed by atoms with E-state index in [0.29, 0.717) is 29.1 Å². The fraction of sp³-hybridized carbons (Fsp3) is 0.407. The molecule has 3 aromatic rings. The highest BCUT2D eigenvalue weighted by Gasteiger charge is 2.42. The lowest BCUT2D eigenvalue weighted by Gasteiger charge is -2.27. The minimum absolute atomic E-state index is 0.107. The van der Waals surface area contributed by atoms with Gasteiger partial charge in [0.2, 0.25) is 5.91 Å². The third-order valence-corrected chi connectivity index (χ3v) is 7.89.